The van der Waals surface area contributed by atoms with E-state index >= 15 is 0 Å². The molecule has 0 aromatic heterocycles. The summed E-state index contributed by atoms with van der Waals surface area (Å²) in [5.74, 6) is 0. The summed E-state index contributed by atoms with van der Waals surface area (Å²) in [5, 5.41) is 0. The van der Waals surface area contributed by atoms with Gasteiger partial charge in [0, 0.05) is 7.16 Å². The van der Waals surface area contributed by atoms with Gasteiger partial charge in [0.05, 0.1) is 15.4 Å². The zero-order valence-electron chi connectivity index (χ0n) is 9.81. The van der Waals surface area contributed by atoms with E-state index in [1.54, 1.807) is 0 Å². The molecule has 0 aliphatic rings. The molecule has 0 heterocycles. The normalized spacial score (nSPS) is 13.4. The van der Waals surface area contributed by atoms with Crippen LogP contribution in [0.3, 0.4) is 0 Å². The molecule has 1 nitrogen and oxygen atoms in total. The Hall–Kier alpha value is 3.30. The third-order valence-electron chi connectivity index (χ3n) is 2.02. The van der Waals surface area contributed by atoms with Crippen LogP contribution in [0.2, 0.25) is 0 Å². The van der Waals surface area contributed by atoms with Gasteiger partial charge in [-0.15, -0.1) is 13.2 Å². The van der Waals surface area contributed by atoms with Gasteiger partial charge in [-0.25, -0.2) is 0 Å². The fourth-order valence-electron chi connectivity index (χ4n) is 1.18. The van der Waals surface area contributed by atoms with Crippen LogP contribution in [0.4, 0.5) is 0 Å². The third-order valence-corrected chi connectivity index (χ3v) is 10.9. The molecule has 0 rings (SSSR count). The Balaban J connectivity index is 5.16. The van der Waals surface area contributed by atoms with Crippen molar-refractivity contribution in [1.82, 2.24) is 0 Å². The summed E-state index contributed by atoms with van der Waals surface area (Å²) in [6.07, 6.45) is 5.62. The fourth-order valence-corrected chi connectivity index (χ4v) is 3.37. The lowest BCUT2D eigenvalue weighted by atomic mass is 10.2. The van der Waals surface area contributed by atoms with E-state index in [9.17, 15) is 0 Å². The molecule has 0 aromatic carbocycles. The Bertz CT molecular complexity index is 344. The lowest BCUT2D eigenvalue weighted by Crippen LogP contribution is -2.22. The van der Waals surface area contributed by atoms with E-state index in [1.165, 1.54) is 10.3 Å². The van der Waals surface area contributed by atoms with Crippen molar-refractivity contribution in [3.05, 3.63) is 35.6 Å². The molecule has 0 N–H and O–H groups in total. The Morgan fingerprint density at radius 3 is 1.32 bits per heavy atom. The third kappa shape index (κ3) is 9.24. The molecule has 0 saturated carbocycles. The minimum Gasteiger partial charge on any atom is -0.364 e. The van der Waals surface area contributed by atoms with E-state index in [-0.39, 0.29) is 12.2 Å². The molecule has 0 spiro atoms. The van der Waals surface area contributed by atoms with Gasteiger partial charge >= 0.3 is 0 Å². The highest BCUT2D eigenvalue weighted by molar-refractivity contribution is 14.2. The van der Waals surface area contributed by atoms with Crippen LogP contribution in [-0.2, 0) is 4.74 Å². The van der Waals surface area contributed by atoms with Crippen LogP contribution in [0.5, 0.6) is 0 Å². The van der Waals surface area contributed by atoms with Crippen LogP contribution >= 0.6 is 136 Å². The second-order valence-corrected chi connectivity index (χ2v) is 14.1. The Morgan fingerprint density at radius 1 is 0.789 bits per heavy atom. The number of ether oxygens (including phenoxy) is 1. The number of rotatable bonds is 8. The second-order valence-electron chi connectivity index (χ2n) is 3.38. The standard InChI is InChI=1S/C12H12I6O/c1-3-5-7(9(13)11(15)16)19-8(6-4-2)10(14)12(17)18/h3-4,7-8H,1-2,5-6H2. The summed E-state index contributed by atoms with van der Waals surface area (Å²) >= 11 is 14.0. The van der Waals surface area contributed by atoms with Crippen LogP contribution in [0.1, 0.15) is 12.8 Å². The van der Waals surface area contributed by atoms with Crippen LogP contribution in [0, 0.1) is 0 Å². The number of hydrogen-bond acceptors (Lipinski definition) is 1. The van der Waals surface area contributed by atoms with E-state index in [2.05, 4.69) is 149 Å². The van der Waals surface area contributed by atoms with Gasteiger partial charge in [-0.3, -0.25) is 0 Å². The Labute approximate surface area is 197 Å². The van der Waals surface area contributed by atoms with E-state index in [1.807, 2.05) is 12.2 Å². The summed E-state index contributed by atoms with van der Waals surface area (Å²) in [4.78, 5) is 0. The Kier molecular flexibility index (Phi) is 14.9. The van der Waals surface area contributed by atoms with Crippen molar-refractivity contribution in [3.8, 4) is 0 Å². The van der Waals surface area contributed by atoms with Crippen molar-refractivity contribution in [2.75, 3.05) is 0 Å². The van der Waals surface area contributed by atoms with Crippen molar-refractivity contribution >= 4 is 136 Å². The van der Waals surface area contributed by atoms with Gasteiger partial charge < -0.3 is 4.74 Å². The van der Waals surface area contributed by atoms with E-state index in [0.29, 0.717) is 0 Å². The largest absolute Gasteiger partial charge is 0.364 e. The molecule has 0 saturated heterocycles. The first-order valence-corrected chi connectivity index (χ1v) is 11.6. The maximum atomic E-state index is 6.29. The lowest BCUT2D eigenvalue weighted by Gasteiger charge is -2.24. The molecule has 2 unspecified atom stereocenters. The highest BCUT2D eigenvalue weighted by atomic mass is 127. The molecule has 19 heavy (non-hydrogen) atoms. The first-order valence-electron chi connectivity index (χ1n) is 5.13. The first-order chi connectivity index (χ1) is 8.84. The quantitative estimate of drug-likeness (QED) is 0.178. The van der Waals surface area contributed by atoms with Crippen LogP contribution < -0.4 is 0 Å². The molecular weight excluding hydrogens is 922 g/mol. The van der Waals surface area contributed by atoms with Crippen LogP contribution in [0.25, 0.3) is 0 Å². The average molecular weight is 934 g/mol. The predicted molar refractivity (Wildman–Crippen MR) is 136 cm³/mol. The Morgan fingerprint density at radius 2 is 1.11 bits per heavy atom. The number of halogens is 6. The zero-order valence-corrected chi connectivity index (χ0v) is 22.8. The van der Waals surface area contributed by atoms with Crippen molar-refractivity contribution < 1.29 is 4.74 Å². The summed E-state index contributed by atoms with van der Waals surface area (Å²) < 4.78 is 11.2. The van der Waals surface area contributed by atoms with Gasteiger partial charge in [0.15, 0.2) is 0 Å². The maximum absolute atomic E-state index is 6.29. The zero-order chi connectivity index (χ0) is 15.0. The topological polar surface area (TPSA) is 9.23 Å². The van der Waals surface area contributed by atoms with Gasteiger partial charge in [0.25, 0.3) is 0 Å². The summed E-state index contributed by atoms with van der Waals surface area (Å²) in [6.45, 7) is 7.66. The second kappa shape index (κ2) is 12.7. The van der Waals surface area contributed by atoms with Crippen molar-refractivity contribution in [2.24, 2.45) is 0 Å². The minimum atomic E-state index is 0.0729. The molecular formula is C12H12I6O. The van der Waals surface area contributed by atoms with Gasteiger partial charge in [-0.2, -0.15) is 0 Å². The molecule has 0 radical (unpaired) electrons. The van der Waals surface area contributed by atoms with Gasteiger partial charge in [-0.1, -0.05) is 12.2 Å². The molecule has 0 aromatic rings. The summed E-state index contributed by atoms with van der Waals surface area (Å²) in [5.41, 5.74) is 0. The first kappa shape index (κ1) is 22.3. The highest BCUT2D eigenvalue weighted by Crippen LogP contribution is 2.36. The average Bonchev–Trinajstić information content (AvgIpc) is 2.35. The fraction of sp³-hybridized carbons (Fsp3) is 0.333. The molecule has 0 amide bonds. The highest BCUT2D eigenvalue weighted by Gasteiger charge is 2.22. The molecule has 0 aliphatic heterocycles. The number of hydrogen-bond donors (Lipinski definition) is 0. The maximum Gasteiger partial charge on any atom is 0.0939 e. The van der Waals surface area contributed by atoms with Crippen molar-refractivity contribution in [2.45, 2.75) is 25.0 Å². The molecule has 0 bridgehead atoms. The van der Waals surface area contributed by atoms with E-state index in [0.717, 1.165) is 12.8 Å². The summed E-state index contributed by atoms with van der Waals surface area (Å²) in [6, 6.07) is 0. The van der Waals surface area contributed by atoms with Gasteiger partial charge in [0.1, 0.15) is 0 Å². The minimum absolute atomic E-state index is 0.0729. The summed E-state index contributed by atoms with van der Waals surface area (Å²) in [7, 11) is 0. The molecule has 7 heteroatoms. The van der Waals surface area contributed by atoms with E-state index in [4.69, 9.17) is 4.74 Å². The molecule has 0 fully saturated rings. The SMILES string of the molecule is C=CCC(OC(CC=C)C(I)=C(I)I)C(I)=C(I)I. The monoisotopic (exact) mass is 934 g/mol. The van der Waals surface area contributed by atoms with Crippen molar-refractivity contribution in [3.63, 3.8) is 0 Å². The van der Waals surface area contributed by atoms with Gasteiger partial charge in [-0.05, 0) is 148 Å². The lowest BCUT2D eigenvalue weighted by molar-refractivity contribution is 0.0432. The molecule has 0 aliphatic carbocycles. The molecule has 108 valence electrons. The molecule has 2 atom stereocenters. The van der Waals surface area contributed by atoms with Crippen molar-refractivity contribution in [1.29, 1.82) is 0 Å². The van der Waals surface area contributed by atoms with Crippen LogP contribution in [0.15, 0.2) is 35.6 Å². The predicted octanol–water partition coefficient (Wildman–Crippen LogP) is 7.84. The van der Waals surface area contributed by atoms with Crippen LogP contribution in [-0.4, -0.2) is 12.2 Å². The van der Waals surface area contributed by atoms with Gasteiger partial charge in [0.2, 0.25) is 0 Å². The van der Waals surface area contributed by atoms with E-state index < -0.39 is 0 Å². The smallest absolute Gasteiger partial charge is 0.0939 e.